The molecule has 0 saturated heterocycles. The number of benzene rings is 3. The summed E-state index contributed by atoms with van der Waals surface area (Å²) in [5.74, 6) is 0.442. The van der Waals surface area contributed by atoms with E-state index in [-0.39, 0.29) is 11.7 Å². The molecule has 2 aromatic heterocycles. The van der Waals surface area contributed by atoms with Crippen LogP contribution in [0.1, 0.15) is 28.6 Å². The number of carbonyl (C=O) groups excluding carboxylic acids is 1. The molecule has 0 aliphatic heterocycles. The minimum atomic E-state index is -0.346. The topological polar surface area (TPSA) is 73.0 Å². The Balaban J connectivity index is 1.35. The number of nitrogens with one attached hydrogen (secondary N) is 1. The van der Waals surface area contributed by atoms with Gasteiger partial charge in [0.25, 0.3) is 5.91 Å². The Kier molecular flexibility index (Phi) is 5.44. The lowest BCUT2D eigenvalue weighted by molar-refractivity contribution is 0.0997. The number of rotatable bonds is 5. The Morgan fingerprint density at radius 3 is 2.52 bits per heavy atom. The Bertz CT molecular complexity index is 1470. The van der Waals surface area contributed by atoms with Gasteiger partial charge in [-0.3, -0.25) is 4.79 Å². The van der Waals surface area contributed by atoms with Crippen LogP contribution in [-0.2, 0) is 6.42 Å². The maximum absolute atomic E-state index is 12.7. The van der Waals surface area contributed by atoms with Gasteiger partial charge in [-0.25, -0.2) is 0 Å². The number of amides is 1. The van der Waals surface area contributed by atoms with Gasteiger partial charge >= 0.3 is 0 Å². The van der Waals surface area contributed by atoms with Gasteiger partial charge in [-0.05, 0) is 73.0 Å². The molecule has 0 saturated carbocycles. The summed E-state index contributed by atoms with van der Waals surface area (Å²) < 4.78 is 5.76. The second-order valence-corrected chi connectivity index (χ2v) is 8.20. The third kappa shape index (κ3) is 4.25. The monoisotopic (exact) mass is 456 g/mol. The molecule has 0 fully saturated rings. The zero-order valence-corrected chi connectivity index (χ0v) is 18.9. The number of furan rings is 1. The third-order valence-electron chi connectivity index (χ3n) is 5.50. The minimum Gasteiger partial charge on any atom is -0.451 e. The molecule has 33 heavy (non-hydrogen) atoms. The number of hydrogen-bond donors (Lipinski definition) is 1. The summed E-state index contributed by atoms with van der Waals surface area (Å²) in [6, 6.07) is 22.6. The first-order chi connectivity index (χ1) is 16.0. The molecule has 1 amide bonds. The van der Waals surface area contributed by atoms with Crippen LogP contribution >= 0.6 is 11.6 Å². The molecule has 6 nitrogen and oxygen atoms in total. The van der Waals surface area contributed by atoms with Crippen LogP contribution in [0.2, 0.25) is 5.02 Å². The van der Waals surface area contributed by atoms with Crippen LogP contribution in [0.5, 0.6) is 0 Å². The average Bonchev–Trinajstić information content (AvgIpc) is 3.48. The molecule has 0 radical (unpaired) electrons. The van der Waals surface area contributed by atoms with E-state index in [9.17, 15) is 4.79 Å². The predicted octanol–water partition coefficient (Wildman–Crippen LogP) is 6.46. The Labute approximate surface area is 195 Å². The highest BCUT2D eigenvalue weighted by molar-refractivity contribution is 6.31. The molecule has 164 valence electrons. The molecule has 0 unspecified atom stereocenters. The van der Waals surface area contributed by atoms with E-state index in [2.05, 4.69) is 34.6 Å². The van der Waals surface area contributed by atoms with Gasteiger partial charge in [0, 0.05) is 16.3 Å². The Hall–Kier alpha value is -3.90. The van der Waals surface area contributed by atoms with E-state index in [0.29, 0.717) is 22.0 Å². The van der Waals surface area contributed by atoms with Gasteiger partial charge in [0.15, 0.2) is 5.76 Å². The lowest BCUT2D eigenvalue weighted by Crippen LogP contribution is -2.10. The zero-order chi connectivity index (χ0) is 22.9. The number of aromatic nitrogens is 3. The summed E-state index contributed by atoms with van der Waals surface area (Å²) in [4.78, 5) is 14.3. The molecular weight excluding hydrogens is 436 g/mol. The van der Waals surface area contributed by atoms with E-state index >= 15 is 0 Å². The fourth-order valence-corrected chi connectivity index (χ4v) is 3.71. The predicted molar refractivity (Wildman–Crippen MR) is 130 cm³/mol. The number of hydrogen-bond acceptors (Lipinski definition) is 4. The van der Waals surface area contributed by atoms with Crippen LogP contribution in [0.15, 0.2) is 77.2 Å². The molecule has 3 aromatic carbocycles. The smallest absolute Gasteiger partial charge is 0.291 e. The quantitative estimate of drug-likeness (QED) is 0.329. The molecule has 0 spiro atoms. The SMILES string of the molecule is CCc1ccc(-n2nc3ccc(NC(=O)c4ccc(-c5ccc(C)c(Cl)c5)o4)cc3n2)cc1. The lowest BCUT2D eigenvalue weighted by atomic mass is 10.1. The number of nitrogens with zero attached hydrogens (tertiary/aromatic N) is 3. The second kappa shape index (κ2) is 8.56. The number of fused-ring (bicyclic) bond motifs is 1. The molecule has 5 aromatic rings. The number of carbonyl (C=O) groups is 1. The first-order valence-electron chi connectivity index (χ1n) is 10.6. The highest BCUT2D eigenvalue weighted by Gasteiger charge is 2.14. The fourth-order valence-electron chi connectivity index (χ4n) is 3.53. The van der Waals surface area contributed by atoms with Gasteiger partial charge in [0.1, 0.15) is 16.8 Å². The number of anilines is 1. The lowest BCUT2D eigenvalue weighted by Gasteiger charge is -2.03. The number of halogens is 1. The van der Waals surface area contributed by atoms with Crippen molar-refractivity contribution in [3.8, 4) is 17.0 Å². The molecule has 0 atom stereocenters. The van der Waals surface area contributed by atoms with Gasteiger partial charge in [0.05, 0.1) is 5.69 Å². The van der Waals surface area contributed by atoms with Crippen molar-refractivity contribution in [3.63, 3.8) is 0 Å². The first-order valence-corrected chi connectivity index (χ1v) is 11.0. The minimum absolute atomic E-state index is 0.210. The van der Waals surface area contributed by atoms with E-state index in [0.717, 1.165) is 28.8 Å². The summed E-state index contributed by atoms with van der Waals surface area (Å²) >= 11 is 6.21. The van der Waals surface area contributed by atoms with Crippen molar-refractivity contribution >= 4 is 34.2 Å². The van der Waals surface area contributed by atoms with E-state index in [1.807, 2.05) is 43.3 Å². The van der Waals surface area contributed by atoms with E-state index in [4.69, 9.17) is 16.0 Å². The summed E-state index contributed by atoms with van der Waals surface area (Å²) in [7, 11) is 0. The van der Waals surface area contributed by atoms with Crippen LogP contribution in [0, 0.1) is 6.92 Å². The molecule has 2 heterocycles. The van der Waals surface area contributed by atoms with Crippen molar-refractivity contribution in [2.24, 2.45) is 0 Å². The van der Waals surface area contributed by atoms with Gasteiger partial charge < -0.3 is 9.73 Å². The third-order valence-corrected chi connectivity index (χ3v) is 5.91. The summed E-state index contributed by atoms with van der Waals surface area (Å²) in [6.45, 7) is 4.05. The molecule has 0 aliphatic rings. The molecule has 5 rings (SSSR count). The van der Waals surface area contributed by atoms with E-state index in [1.165, 1.54) is 5.56 Å². The highest BCUT2D eigenvalue weighted by Crippen LogP contribution is 2.27. The highest BCUT2D eigenvalue weighted by atomic mass is 35.5. The molecule has 7 heteroatoms. The largest absolute Gasteiger partial charge is 0.451 e. The van der Waals surface area contributed by atoms with Crippen LogP contribution in [0.25, 0.3) is 28.0 Å². The van der Waals surface area contributed by atoms with Crippen LogP contribution < -0.4 is 5.32 Å². The first kappa shape index (κ1) is 21.0. The molecule has 0 aliphatic carbocycles. The fraction of sp³-hybridized carbons (Fsp3) is 0.115. The van der Waals surface area contributed by atoms with Crippen molar-refractivity contribution in [1.29, 1.82) is 0 Å². The van der Waals surface area contributed by atoms with Crippen molar-refractivity contribution in [3.05, 3.63) is 94.7 Å². The maximum atomic E-state index is 12.7. The van der Waals surface area contributed by atoms with Crippen molar-refractivity contribution in [1.82, 2.24) is 15.0 Å². The van der Waals surface area contributed by atoms with Crippen LogP contribution in [0.3, 0.4) is 0 Å². The van der Waals surface area contributed by atoms with Gasteiger partial charge in [-0.1, -0.05) is 42.8 Å². The van der Waals surface area contributed by atoms with Gasteiger partial charge in [-0.15, -0.1) is 10.2 Å². The van der Waals surface area contributed by atoms with Crippen molar-refractivity contribution in [2.45, 2.75) is 20.3 Å². The van der Waals surface area contributed by atoms with E-state index in [1.54, 1.807) is 29.1 Å². The molecule has 0 bridgehead atoms. The standard InChI is InChI=1S/C26H21ClN4O2/c1-3-17-5-9-20(10-6-17)31-29-22-11-8-19(15-23(22)30-31)28-26(32)25-13-12-24(33-25)18-7-4-16(2)21(27)14-18/h4-15H,3H2,1-2H3,(H,28,32). The zero-order valence-electron chi connectivity index (χ0n) is 18.2. The summed E-state index contributed by atoms with van der Waals surface area (Å²) in [5.41, 5.74) is 5.97. The van der Waals surface area contributed by atoms with Crippen molar-refractivity contribution < 1.29 is 9.21 Å². The average molecular weight is 457 g/mol. The van der Waals surface area contributed by atoms with Gasteiger partial charge in [-0.2, -0.15) is 4.80 Å². The second-order valence-electron chi connectivity index (χ2n) is 7.79. The molecular formula is C26H21ClN4O2. The van der Waals surface area contributed by atoms with Crippen LogP contribution in [0.4, 0.5) is 5.69 Å². The normalized spacial score (nSPS) is 11.1. The maximum Gasteiger partial charge on any atom is 0.291 e. The van der Waals surface area contributed by atoms with Crippen LogP contribution in [-0.4, -0.2) is 20.9 Å². The summed E-state index contributed by atoms with van der Waals surface area (Å²) in [5, 5.41) is 12.6. The van der Waals surface area contributed by atoms with Gasteiger partial charge in [0.2, 0.25) is 0 Å². The van der Waals surface area contributed by atoms with Crippen molar-refractivity contribution in [2.75, 3.05) is 5.32 Å². The summed E-state index contributed by atoms with van der Waals surface area (Å²) in [6.07, 6.45) is 0.980. The number of aryl methyl sites for hydroxylation is 2. The Morgan fingerprint density at radius 2 is 1.76 bits per heavy atom. The van der Waals surface area contributed by atoms with E-state index < -0.39 is 0 Å². The Morgan fingerprint density at radius 1 is 0.970 bits per heavy atom. The molecule has 1 N–H and O–H groups in total.